The van der Waals surface area contributed by atoms with Crippen molar-refractivity contribution in [1.29, 1.82) is 0 Å². The monoisotopic (exact) mass is 399 g/mol. The van der Waals surface area contributed by atoms with E-state index >= 15 is 0 Å². The SMILES string of the molecule is O=C(Cn1nc(-c2ccco2)oc1=O)N1CCN(c2ccc([N+](=O)[O-])cc2)CC1. The van der Waals surface area contributed by atoms with Crippen LogP contribution >= 0.6 is 0 Å². The van der Waals surface area contributed by atoms with Crippen LogP contribution in [0.2, 0.25) is 0 Å². The van der Waals surface area contributed by atoms with Gasteiger partial charge in [0.1, 0.15) is 6.54 Å². The number of furan rings is 1. The van der Waals surface area contributed by atoms with Crippen molar-refractivity contribution in [2.24, 2.45) is 0 Å². The fraction of sp³-hybridized carbons (Fsp3) is 0.278. The Labute approximate surface area is 163 Å². The molecule has 0 bridgehead atoms. The van der Waals surface area contributed by atoms with E-state index in [0.29, 0.717) is 31.9 Å². The highest BCUT2D eigenvalue weighted by molar-refractivity contribution is 5.76. The third kappa shape index (κ3) is 3.88. The standard InChI is InChI=1S/C18H17N5O6/c24-16(12-22-18(25)29-17(19-22)15-2-1-11-28-15)21-9-7-20(8-10-21)13-3-5-14(6-4-13)23(26)27/h1-6,11H,7-10,12H2. The van der Waals surface area contributed by atoms with Crippen molar-refractivity contribution in [1.82, 2.24) is 14.7 Å². The van der Waals surface area contributed by atoms with Gasteiger partial charge in [0.2, 0.25) is 5.91 Å². The molecule has 0 saturated carbocycles. The average Bonchev–Trinajstić information content (AvgIpc) is 3.38. The largest absolute Gasteiger partial charge is 0.459 e. The number of hydrogen-bond donors (Lipinski definition) is 0. The minimum atomic E-state index is -0.728. The van der Waals surface area contributed by atoms with Crippen LogP contribution in [-0.2, 0) is 11.3 Å². The summed E-state index contributed by atoms with van der Waals surface area (Å²) in [5.74, 6) is -0.634. The number of piperazine rings is 1. The van der Waals surface area contributed by atoms with Gasteiger partial charge >= 0.3 is 5.76 Å². The molecule has 1 aromatic carbocycles. The van der Waals surface area contributed by atoms with Crippen LogP contribution in [0.25, 0.3) is 11.7 Å². The molecule has 0 atom stereocenters. The number of carbonyl (C=O) groups excluding carboxylic acids is 1. The molecule has 11 heteroatoms. The van der Waals surface area contributed by atoms with Gasteiger partial charge in [-0.05, 0) is 24.3 Å². The van der Waals surface area contributed by atoms with E-state index < -0.39 is 10.7 Å². The molecule has 4 rings (SSSR count). The lowest BCUT2D eigenvalue weighted by Crippen LogP contribution is -2.50. The number of anilines is 1. The lowest BCUT2D eigenvalue weighted by atomic mass is 10.2. The topological polar surface area (TPSA) is 128 Å². The predicted octanol–water partition coefficient (Wildman–Crippen LogP) is 1.35. The summed E-state index contributed by atoms with van der Waals surface area (Å²) in [6, 6.07) is 9.56. The van der Waals surface area contributed by atoms with Gasteiger partial charge in [-0.1, -0.05) is 0 Å². The molecule has 11 nitrogen and oxygen atoms in total. The van der Waals surface area contributed by atoms with Crippen molar-refractivity contribution < 1.29 is 18.6 Å². The molecule has 0 radical (unpaired) electrons. The van der Waals surface area contributed by atoms with E-state index in [4.69, 9.17) is 8.83 Å². The van der Waals surface area contributed by atoms with Gasteiger partial charge in [0.15, 0.2) is 5.76 Å². The lowest BCUT2D eigenvalue weighted by molar-refractivity contribution is -0.384. The maximum atomic E-state index is 12.5. The highest BCUT2D eigenvalue weighted by Gasteiger charge is 2.23. The van der Waals surface area contributed by atoms with Crippen molar-refractivity contribution in [3.8, 4) is 11.7 Å². The summed E-state index contributed by atoms with van der Waals surface area (Å²) in [6.07, 6.45) is 1.43. The number of carbonyl (C=O) groups is 1. The number of nitro benzene ring substituents is 1. The van der Waals surface area contributed by atoms with Gasteiger partial charge in [0, 0.05) is 44.0 Å². The first-order chi connectivity index (χ1) is 14.0. The highest BCUT2D eigenvalue weighted by atomic mass is 16.6. The fourth-order valence-electron chi connectivity index (χ4n) is 3.13. The van der Waals surface area contributed by atoms with Crippen molar-refractivity contribution >= 4 is 17.3 Å². The van der Waals surface area contributed by atoms with Gasteiger partial charge in [0.25, 0.3) is 11.6 Å². The van der Waals surface area contributed by atoms with E-state index in [1.54, 1.807) is 29.2 Å². The molecule has 3 heterocycles. The van der Waals surface area contributed by atoms with Crippen LogP contribution in [0.15, 0.2) is 56.3 Å². The number of nitrogens with zero attached hydrogens (tertiary/aromatic N) is 5. The zero-order chi connectivity index (χ0) is 20.4. The highest BCUT2D eigenvalue weighted by Crippen LogP contribution is 2.21. The number of non-ortho nitro benzene ring substituents is 1. The normalized spacial score (nSPS) is 14.2. The summed E-state index contributed by atoms with van der Waals surface area (Å²) in [6.45, 7) is 1.87. The zero-order valence-corrected chi connectivity index (χ0v) is 15.3. The van der Waals surface area contributed by atoms with Gasteiger partial charge in [-0.15, -0.1) is 5.10 Å². The molecular formula is C18H17N5O6. The predicted molar refractivity (Wildman–Crippen MR) is 100 cm³/mol. The number of rotatable bonds is 5. The maximum absolute atomic E-state index is 12.5. The van der Waals surface area contributed by atoms with Crippen LogP contribution in [-0.4, -0.2) is 51.7 Å². The van der Waals surface area contributed by atoms with E-state index in [2.05, 4.69) is 5.10 Å². The Hall–Kier alpha value is -3.89. The number of aromatic nitrogens is 2. The van der Waals surface area contributed by atoms with E-state index in [1.165, 1.54) is 18.4 Å². The smallest absolute Gasteiger partial charge is 0.437 e. The summed E-state index contributed by atoms with van der Waals surface area (Å²) in [7, 11) is 0. The Kier molecular flexibility index (Phi) is 4.85. The molecule has 3 aromatic rings. The molecule has 1 saturated heterocycles. The molecule has 1 aliphatic rings. The van der Waals surface area contributed by atoms with Gasteiger partial charge < -0.3 is 18.6 Å². The number of benzene rings is 1. The van der Waals surface area contributed by atoms with Crippen molar-refractivity contribution in [2.45, 2.75) is 6.54 Å². The van der Waals surface area contributed by atoms with Crippen LogP contribution < -0.4 is 10.7 Å². The summed E-state index contributed by atoms with van der Waals surface area (Å²) in [5.41, 5.74) is 0.896. The molecule has 1 aliphatic heterocycles. The fourth-order valence-corrected chi connectivity index (χ4v) is 3.13. The third-order valence-corrected chi connectivity index (χ3v) is 4.68. The van der Waals surface area contributed by atoms with Crippen LogP contribution in [0.5, 0.6) is 0 Å². The molecule has 0 N–H and O–H groups in total. The molecule has 1 fully saturated rings. The Balaban J connectivity index is 1.36. The molecule has 150 valence electrons. The van der Waals surface area contributed by atoms with Gasteiger partial charge in [-0.25, -0.2) is 4.79 Å². The summed E-state index contributed by atoms with van der Waals surface area (Å²) in [4.78, 5) is 38.5. The van der Waals surface area contributed by atoms with E-state index in [-0.39, 0.29) is 24.0 Å². The van der Waals surface area contributed by atoms with Crippen LogP contribution in [0.3, 0.4) is 0 Å². The van der Waals surface area contributed by atoms with Crippen LogP contribution in [0.4, 0.5) is 11.4 Å². The Bertz CT molecular complexity index is 1060. The van der Waals surface area contributed by atoms with Gasteiger partial charge in [0.05, 0.1) is 11.2 Å². The van der Waals surface area contributed by atoms with E-state index in [9.17, 15) is 19.7 Å². The zero-order valence-electron chi connectivity index (χ0n) is 15.3. The molecule has 29 heavy (non-hydrogen) atoms. The Morgan fingerprint density at radius 2 is 1.86 bits per heavy atom. The van der Waals surface area contributed by atoms with Crippen molar-refractivity contribution in [3.05, 3.63) is 63.3 Å². The molecule has 0 spiro atoms. The second kappa shape index (κ2) is 7.62. The summed E-state index contributed by atoms with van der Waals surface area (Å²) >= 11 is 0. The summed E-state index contributed by atoms with van der Waals surface area (Å²) < 4.78 is 11.1. The number of amides is 1. The van der Waals surface area contributed by atoms with Gasteiger partial charge in [-0.2, -0.15) is 4.68 Å². The minimum absolute atomic E-state index is 0.0239. The molecular weight excluding hydrogens is 382 g/mol. The Morgan fingerprint density at radius 1 is 1.14 bits per heavy atom. The summed E-state index contributed by atoms with van der Waals surface area (Å²) in [5, 5.41) is 14.8. The quantitative estimate of drug-likeness (QED) is 0.465. The molecule has 1 amide bonds. The lowest BCUT2D eigenvalue weighted by Gasteiger charge is -2.36. The molecule has 0 unspecified atom stereocenters. The van der Waals surface area contributed by atoms with Crippen LogP contribution in [0.1, 0.15) is 0 Å². The van der Waals surface area contributed by atoms with Gasteiger partial charge in [-0.3, -0.25) is 14.9 Å². The van der Waals surface area contributed by atoms with Crippen LogP contribution in [0, 0.1) is 10.1 Å². The maximum Gasteiger partial charge on any atom is 0.437 e. The number of hydrogen-bond acceptors (Lipinski definition) is 8. The second-order valence-electron chi connectivity index (χ2n) is 6.45. The first-order valence-corrected chi connectivity index (χ1v) is 8.90. The first kappa shape index (κ1) is 18.5. The van der Waals surface area contributed by atoms with Crippen molar-refractivity contribution in [3.63, 3.8) is 0 Å². The second-order valence-corrected chi connectivity index (χ2v) is 6.45. The van der Waals surface area contributed by atoms with E-state index in [0.717, 1.165) is 10.4 Å². The molecule has 0 aliphatic carbocycles. The van der Waals surface area contributed by atoms with Crippen molar-refractivity contribution in [2.75, 3.05) is 31.1 Å². The third-order valence-electron chi connectivity index (χ3n) is 4.68. The minimum Gasteiger partial charge on any atom is -0.459 e. The van der Waals surface area contributed by atoms with E-state index in [1.807, 2.05) is 4.90 Å². The Morgan fingerprint density at radius 3 is 2.48 bits per heavy atom. The number of nitro groups is 1. The first-order valence-electron chi connectivity index (χ1n) is 8.90. The molecule has 2 aromatic heterocycles. The average molecular weight is 399 g/mol.